The summed E-state index contributed by atoms with van der Waals surface area (Å²) in [5.41, 5.74) is 1.48. The van der Waals surface area contributed by atoms with Crippen molar-refractivity contribution in [3.05, 3.63) is 90.0 Å². The summed E-state index contributed by atoms with van der Waals surface area (Å²) in [4.78, 5) is 27.6. The van der Waals surface area contributed by atoms with E-state index >= 15 is 0 Å². The van der Waals surface area contributed by atoms with Gasteiger partial charge < -0.3 is 20.3 Å². The Morgan fingerprint density at radius 3 is 2.47 bits per heavy atom. The fourth-order valence-corrected chi connectivity index (χ4v) is 4.15. The van der Waals surface area contributed by atoms with E-state index in [1.807, 2.05) is 30.3 Å². The lowest BCUT2D eigenvalue weighted by atomic mass is 9.84. The number of benzene rings is 3. The molecule has 2 atom stereocenters. The Balaban J connectivity index is 1.53. The maximum atomic E-state index is 14.1. The van der Waals surface area contributed by atoms with Gasteiger partial charge in [-0.05, 0) is 36.2 Å². The molecule has 1 saturated heterocycles. The van der Waals surface area contributed by atoms with E-state index in [1.54, 1.807) is 31.4 Å². The molecule has 6 nitrogen and oxygen atoms in total. The number of halogens is 2. The molecule has 2 N–H and O–H groups in total. The van der Waals surface area contributed by atoms with E-state index in [-0.39, 0.29) is 24.1 Å². The predicted octanol–water partition coefficient (Wildman–Crippen LogP) is 5.25. The lowest BCUT2D eigenvalue weighted by Gasteiger charge is -2.37. The first-order valence-corrected chi connectivity index (χ1v) is 10.9. The minimum absolute atomic E-state index is 0.0835. The first-order chi connectivity index (χ1) is 16.4. The zero-order valence-corrected chi connectivity index (χ0v) is 18.6. The number of urea groups is 1. The highest BCUT2D eigenvalue weighted by Gasteiger charge is 2.35. The third kappa shape index (κ3) is 5.51. The largest absolute Gasteiger partial charge is 0.497 e. The van der Waals surface area contributed by atoms with Crippen molar-refractivity contribution >= 4 is 23.3 Å². The lowest BCUT2D eigenvalue weighted by Crippen LogP contribution is -2.48. The van der Waals surface area contributed by atoms with Crippen LogP contribution < -0.4 is 15.4 Å². The Labute approximate surface area is 196 Å². The van der Waals surface area contributed by atoms with Crippen LogP contribution in [0.2, 0.25) is 0 Å². The van der Waals surface area contributed by atoms with Crippen LogP contribution in [0.15, 0.2) is 72.8 Å². The molecule has 2 unspecified atom stereocenters. The van der Waals surface area contributed by atoms with E-state index in [9.17, 15) is 18.4 Å². The Kier molecular flexibility index (Phi) is 7.06. The third-order valence-electron chi connectivity index (χ3n) is 5.89. The first kappa shape index (κ1) is 23.2. The maximum absolute atomic E-state index is 14.1. The minimum Gasteiger partial charge on any atom is -0.497 e. The molecule has 0 bridgehead atoms. The quantitative estimate of drug-likeness (QED) is 0.541. The highest BCUT2D eigenvalue weighted by molar-refractivity contribution is 5.94. The average Bonchev–Trinajstić information content (AvgIpc) is 2.86. The molecule has 0 spiro atoms. The van der Waals surface area contributed by atoms with Gasteiger partial charge in [-0.15, -0.1) is 0 Å². The van der Waals surface area contributed by atoms with Crippen LogP contribution in [0.4, 0.5) is 25.0 Å². The van der Waals surface area contributed by atoms with Crippen LogP contribution >= 0.6 is 0 Å². The first-order valence-electron chi connectivity index (χ1n) is 10.9. The molecule has 0 radical (unpaired) electrons. The summed E-state index contributed by atoms with van der Waals surface area (Å²) in [6.45, 7) is 0.523. The molecule has 8 heteroatoms. The molecule has 0 saturated carbocycles. The van der Waals surface area contributed by atoms with Gasteiger partial charge in [0, 0.05) is 36.8 Å². The van der Waals surface area contributed by atoms with Gasteiger partial charge in [0.25, 0.3) is 0 Å². The summed E-state index contributed by atoms with van der Waals surface area (Å²) in [6.07, 6.45) is 0.550. The second-order valence-electron chi connectivity index (χ2n) is 8.22. The Hall–Kier alpha value is -3.94. The van der Waals surface area contributed by atoms with Crippen LogP contribution in [-0.2, 0) is 4.79 Å². The van der Waals surface area contributed by atoms with Crippen molar-refractivity contribution in [1.29, 1.82) is 0 Å². The van der Waals surface area contributed by atoms with Gasteiger partial charge in [-0.2, -0.15) is 0 Å². The third-order valence-corrected chi connectivity index (χ3v) is 5.89. The van der Waals surface area contributed by atoms with Crippen LogP contribution in [0.25, 0.3) is 0 Å². The van der Waals surface area contributed by atoms with Gasteiger partial charge in [0.05, 0.1) is 18.7 Å². The number of methoxy groups -OCH3 is 1. The van der Waals surface area contributed by atoms with E-state index < -0.39 is 23.6 Å². The number of anilines is 2. The Morgan fingerprint density at radius 1 is 0.941 bits per heavy atom. The molecule has 0 aromatic heterocycles. The Morgan fingerprint density at radius 2 is 1.74 bits per heavy atom. The van der Waals surface area contributed by atoms with Crippen LogP contribution in [0.5, 0.6) is 5.75 Å². The fraction of sp³-hybridized carbons (Fsp3) is 0.231. The topological polar surface area (TPSA) is 70.7 Å². The van der Waals surface area contributed by atoms with Crippen molar-refractivity contribution in [3.8, 4) is 5.75 Å². The molecule has 176 valence electrons. The summed E-state index contributed by atoms with van der Waals surface area (Å²) < 4.78 is 32.5. The van der Waals surface area contributed by atoms with E-state index in [4.69, 9.17) is 4.74 Å². The van der Waals surface area contributed by atoms with Crippen molar-refractivity contribution in [2.24, 2.45) is 5.92 Å². The molecule has 1 aliphatic heterocycles. The van der Waals surface area contributed by atoms with E-state index in [0.717, 1.165) is 11.6 Å². The summed E-state index contributed by atoms with van der Waals surface area (Å²) in [6, 6.07) is 19.1. The van der Waals surface area contributed by atoms with Crippen LogP contribution in [0.3, 0.4) is 0 Å². The van der Waals surface area contributed by atoms with E-state index in [1.165, 1.54) is 11.0 Å². The van der Waals surface area contributed by atoms with Gasteiger partial charge in [0.15, 0.2) is 0 Å². The van der Waals surface area contributed by atoms with Gasteiger partial charge >= 0.3 is 6.03 Å². The van der Waals surface area contributed by atoms with Gasteiger partial charge in [0.2, 0.25) is 5.91 Å². The number of piperidine rings is 1. The molecule has 1 fully saturated rings. The molecule has 3 aromatic rings. The molecule has 1 heterocycles. The summed E-state index contributed by atoms with van der Waals surface area (Å²) in [5.74, 6) is -1.77. The van der Waals surface area contributed by atoms with E-state index in [0.29, 0.717) is 30.5 Å². The summed E-state index contributed by atoms with van der Waals surface area (Å²) in [5, 5.41) is 5.40. The number of nitrogens with zero attached hydrogens (tertiary/aromatic N) is 1. The number of carbonyl (C=O) groups is 2. The molecular weight excluding hydrogens is 440 g/mol. The van der Waals surface area contributed by atoms with Crippen LogP contribution in [0.1, 0.15) is 17.9 Å². The number of nitrogens with one attached hydrogen (secondary N) is 2. The number of amides is 3. The van der Waals surface area contributed by atoms with Crippen molar-refractivity contribution in [3.63, 3.8) is 0 Å². The monoisotopic (exact) mass is 465 g/mol. The minimum atomic E-state index is -0.864. The summed E-state index contributed by atoms with van der Waals surface area (Å²) in [7, 11) is 1.55. The molecular formula is C26H25F2N3O3. The standard InChI is InChI=1S/C26H25F2N3O3/c1-34-22-9-5-8-21(14-22)29-25(32)19-12-18(17-6-3-2-4-7-17)15-31(16-19)26(33)30-24-11-10-20(27)13-23(24)28/h2-11,13-14,18-19H,12,15-16H2,1H3,(H,29,32)(H,30,33). The SMILES string of the molecule is COc1cccc(NC(=O)C2CC(c3ccccc3)CN(C(=O)Nc3ccc(F)cc3F)C2)c1. The van der Waals surface area contributed by atoms with Gasteiger partial charge in [-0.3, -0.25) is 4.79 Å². The number of rotatable bonds is 5. The van der Waals surface area contributed by atoms with Crippen molar-refractivity contribution in [2.45, 2.75) is 12.3 Å². The van der Waals surface area contributed by atoms with Crippen LogP contribution in [0, 0.1) is 17.6 Å². The van der Waals surface area contributed by atoms with Crippen molar-refractivity contribution in [1.82, 2.24) is 4.90 Å². The van der Waals surface area contributed by atoms with Crippen LogP contribution in [-0.4, -0.2) is 37.0 Å². The number of likely N-dealkylation sites (tertiary alicyclic amines) is 1. The molecule has 4 rings (SSSR count). The average molecular weight is 466 g/mol. The van der Waals surface area contributed by atoms with Gasteiger partial charge in [-0.1, -0.05) is 36.4 Å². The van der Waals surface area contributed by atoms with Gasteiger partial charge in [-0.25, -0.2) is 13.6 Å². The highest BCUT2D eigenvalue weighted by atomic mass is 19.1. The van der Waals surface area contributed by atoms with Gasteiger partial charge in [0.1, 0.15) is 17.4 Å². The maximum Gasteiger partial charge on any atom is 0.321 e. The summed E-state index contributed by atoms with van der Waals surface area (Å²) >= 11 is 0. The zero-order chi connectivity index (χ0) is 24.1. The zero-order valence-electron chi connectivity index (χ0n) is 18.6. The molecule has 3 aromatic carbocycles. The molecule has 3 amide bonds. The van der Waals surface area contributed by atoms with E-state index in [2.05, 4.69) is 10.6 Å². The normalized spacial score (nSPS) is 17.7. The van der Waals surface area contributed by atoms with Crippen molar-refractivity contribution in [2.75, 3.05) is 30.8 Å². The predicted molar refractivity (Wildman–Crippen MR) is 126 cm³/mol. The second kappa shape index (κ2) is 10.3. The number of carbonyl (C=O) groups excluding carboxylic acids is 2. The van der Waals surface area contributed by atoms with Crippen molar-refractivity contribution < 1.29 is 23.1 Å². The molecule has 34 heavy (non-hydrogen) atoms. The second-order valence-corrected chi connectivity index (χ2v) is 8.22. The number of hydrogen-bond acceptors (Lipinski definition) is 3. The molecule has 0 aliphatic carbocycles. The number of ether oxygens (including phenoxy) is 1. The smallest absolute Gasteiger partial charge is 0.321 e. The fourth-order valence-electron chi connectivity index (χ4n) is 4.15. The number of hydrogen-bond donors (Lipinski definition) is 2. The highest BCUT2D eigenvalue weighted by Crippen LogP contribution is 2.32. The molecule has 1 aliphatic rings. The Bertz CT molecular complexity index is 1170. The lowest BCUT2D eigenvalue weighted by molar-refractivity contribution is -0.121.